The molecule has 0 saturated carbocycles. The van der Waals surface area contributed by atoms with Crippen LogP contribution < -0.4 is 10.1 Å². The van der Waals surface area contributed by atoms with Crippen molar-refractivity contribution in [1.82, 2.24) is 9.88 Å². The van der Waals surface area contributed by atoms with Gasteiger partial charge in [-0.25, -0.2) is 4.98 Å². The Bertz CT molecular complexity index is 635. The molecule has 1 aromatic heterocycles. The second-order valence-electron chi connectivity index (χ2n) is 5.82. The molecule has 23 heavy (non-hydrogen) atoms. The lowest BCUT2D eigenvalue weighted by Crippen LogP contribution is -2.27. The second-order valence-corrected chi connectivity index (χ2v) is 6.68. The molecular weight excluding hydrogens is 354 g/mol. The van der Waals surface area contributed by atoms with E-state index in [2.05, 4.69) is 43.3 Å². The molecule has 5 heteroatoms. The van der Waals surface area contributed by atoms with E-state index in [1.165, 1.54) is 12.0 Å². The summed E-state index contributed by atoms with van der Waals surface area (Å²) in [6.07, 6.45) is 3.03. The van der Waals surface area contributed by atoms with Gasteiger partial charge in [0.15, 0.2) is 0 Å². The van der Waals surface area contributed by atoms with Crippen LogP contribution in [0.2, 0.25) is 0 Å². The van der Waals surface area contributed by atoms with E-state index < -0.39 is 0 Å². The zero-order chi connectivity index (χ0) is 16.1. The van der Waals surface area contributed by atoms with Crippen molar-refractivity contribution in [1.29, 1.82) is 0 Å². The van der Waals surface area contributed by atoms with Crippen molar-refractivity contribution >= 4 is 21.7 Å². The minimum atomic E-state index is 0.604. The van der Waals surface area contributed by atoms with E-state index in [1.807, 2.05) is 30.5 Å². The van der Waals surface area contributed by atoms with Crippen LogP contribution in [0, 0.1) is 0 Å². The summed E-state index contributed by atoms with van der Waals surface area (Å²) in [7, 11) is 1.70. The van der Waals surface area contributed by atoms with Crippen molar-refractivity contribution in [2.75, 3.05) is 38.6 Å². The van der Waals surface area contributed by atoms with Gasteiger partial charge in [-0.2, -0.15) is 0 Å². The smallest absolute Gasteiger partial charge is 0.133 e. The lowest BCUT2D eigenvalue weighted by atomic mass is 9.98. The molecule has 2 heterocycles. The van der Waals surface area contributed by atoms with Gasteiger partial charge in [-0.3, -0.25) is 0 Å². The Morgan fingerprint density at radius 2 is 2.26 bits per heavy atom. The van der Waals surface area contributed by atoms with Crippen molar-refractivity contribution < 1.29 is 4.74 Å². The Balaban J connectivity index is 1.49. The normalized spacial score (nSPS) is 18.1. The Morgan fingerprint density at radius 3 is 3.00 bits per heavy atom. The molecule has 0 radical (unpaired) electrons. The first-order valence-corrected chi connectivity index (χ1v) is 8.76. The first-order chi connectivity index (χ1) is 11.3. The molecule has 1 aromatic carbocycles. The summed E-state index contributed by atoms with van der Waals surface area (Å²) in [5.74, 6) is 2.44. The van der Waals surface area contributed by atoms with Crippen LogP contribution in [-0.4, -0.2) is 43.2 Å². The summed E-state index contributed by atoms with van der Waals surface area (Å²) in [4.78, 5) is 6.80. The molecule has 0 bridgehead atoms. The van der Waals surface area contributed by atoms with Gasteiger partial charge in [0, 0.05) is 25.8 Å². The van der Waals surface area contributed by atoms with E-state index in [4.69, 9.17) is 4.74 Å². The highest BCUT2D eigenvalue weighted by Crippen LogP contribution is 2.32. The van der Waals surface area contributed by atoms with Crippen LogP contribution in [-0.2, 0) is 0 Å². The van der Waals surface area contributed by atoms with Gasteiger partial charge < -0.3 is 15.0 Å². The zero-order valence-electron chi connectivity index (χ0n) is 13.3. The number of methoxy groups -OCH3 is 1. The van der Waals surface area contributed by atoms with Gasteiger partial charge in [0.1, 0.15) is 11.6 Å². The number of nitrogens with one attached hydrogen (secondary N) is 1. The third-order valence-electron chi connectivity index (χ3n) is 4.32. The molecule has 1 N–H and O–H groups in total. The van der Waals surface area contributed by atoms with E-state index in [0.29, 0.717) is 5.92 Å². The number of pyridine rings is 1. The molecule has 0 amide bonds. The predicted molar refractivity (Wildman–Crippen MR) is 97.2 cm³/mol. The first-order valence-electron chi connectivity index (χ1n) is 7.97. The summed E-state index contributed by atoms with van der Waals surface area (Å²) >= 11 is 3.58. The maximum Gasteiger partial charge on any atom is 0.133 e. The van der Waals surface area contributed by atoms with Crippen molar-refractivity contribution in [3.8, 4) is 5.75 Å². The predicted octanol–water partition coefficient (Wildman–Crippen LogP) is 3.75. The van der Waals surface area contributed by atoms with Crippen molar-refractivity contribution in [3.63, 3.8) is 0 Å². The summed E-state index contributed by atoms with van der Waals surface area (Å²) in [6.45, 7) is 4.24. The van der Waals surface area contributed by atoms with Gasteiger partial charge in [-0.05, 0) is 64.6 Å². The quantitative estimate of drug-likeness (QED) is 0.833. The Hall–Kier alpha value is -1.59. The first kappa shape index (κ1) is 16.3. The number of anilines is 1. The monoisotopic (exact) mass is 375 g/mol. The van der Waals surface area contributed by atoms with Crippen LogP contribution in [0.4, 0.5) is 5.82 Å². The number of hydrogen-bond acceptors (Lipinski definition) is 4. The molecule has 4 nitrogen and oxygen atoms in total. The molecule has 0 spiro atoms. The van der Waals surface area contributed by atoms with Crippen LogP contribution in [0.3, 0.4) is 0 Å². The highest BCUT2D eigenvalue weighted by Gasteiger charge is 2.23. The molecule has 1 fully saturated rings. The van der Waals surface area contributed by atoms with E-state index in [-0.39, 0.29) is 0 Å². The SMILES string of the molecule is COc1ccc(C2CCN(CCNc3ccccn3)C2)cc1Br. The van der Waals surface area contributed by atoms with E-state index in [9.17, 15) is 0 Å². The van der Waals surface area contributed by atoms with Gasteiger partial charge in [-0.1, -0.05) is 12.1 Å². The maximum atomic E-state index is 5.31. The fourth-order valence-electron chi connectivity index (χ4n) is 3.05. The standard InChI is InChI=1S/C18H22BrN3O/c1-23-17-6-5-14(12-16(17)19)15-7-10-22(13-15)11-9-21-18-4-2-3-8-20-18/h2-6,8,12,15H,7,9-11,13H2,1H3,(H,20,21). The molecule has 122 valence electrons. The van der Waals surface area contributed by atoms with Gasteiger partial charge in [-0.15, -0.1) is 0 Å². The van der Waals surface area contributed by atoms with E-state index in [0.717, 1.165) is 42.2 Å². The minimum Gasteiger partial charge on any atom is -0.496 e. The van der Waals surface area contributed by atoms with Crippen molar-refractivity contribution in [2.24, 2.45) is 0 Å². The molecule has 0 aliphatic carbocycles. The Kier molecular flexibility index (Phi) is 5.51. The Morgan fingerprint density at radius 1 is 1.35 bits per heavy atom. The third-order valence-corrected chi connectivity index (χ3v) is 4.94. The van der Waals surface area contributed by atoms with Crippen molar-refractivity contribution in [3.05, 3.63) is 52.6 Å². The molecule has 1 saturated heterocycles. The van der Waals surface area contributed by atoms with Crippen LogP contribution in [0.1, 0.15) is 17.9 Å². The number of aromatic nitrogens is 1. The molecule has 1 unspecified atom stereocenters. The van der Waals surface area contributed by atoms with Gasteiger partial charge in [0.2, 0.25) is 0 Å². The average molecular weight is 376 g/mol. The fraction of sp³-hybridized carbons (Fsp3) is 0.389. The van der Waals surface area contributed by atoms with Crippen LogP contribution in [0.25, 0.3) is 0 Å². The highest BCUT2D eigenvalue weighted by molar-refractivity contribution is 9.10. The van der Waals surface area contributed by atoms with Crippen LogP contribution >= 0.6 is 15.9 Å². The van der Waals surface area contributed by atoms with Gasteiger partial charge in [0.25, 0.3) is 0 Å². The van der Waals surface area contributed by atoms with E-state index in [1.54, 1.807) is 7.11 Å². The molecule has 1 atom stereocenters. The molecular formula is C18H22BrN3O. The maximum absolute atomic E-state index is 5.31. The molecule has 1 aliphatic heterocycles. The fourth-order valence-corrected chi connectivity index (χ4v) is 3.61. The lowest BCUT2D eigenvalue weighted by molar-refractivity contribution is 0.347. The molecule has 1 aliphatic rings. The number of rotatable bonds is 6. The number of likely N-dealkylation sites (tertiary alicyclic amines) is 1. The highest BCUT2D eigenvalue weighted by atomic mass is 79.9. The van der Waals surface area contributed by atoms with Crippen LogP contribution in [0.5, 0.6) is 5.75 Å². The second kappa shape index (κ2) is 7.79. The number of nitrogens with zero attached hydrogens (tertiary/aromatic N) is 2. The van der Waals surface area contributed by atoms with Crippen LogP contribution in [0.15, 0.2) is 47.1 Å². The molecule has 3 rings (SSSR count). The number of benzene rings is 1. The summed E-state index contributed by atoms with van der Waals surface area (Å²) in [6, 6.07) is 12.4. The van der Waals surface area contributed by atoms with E-state index >= 15 is 0 Å². The number of hydrogen-bond donors (Lipinski definition) is 1. The molecule has 2 aromatic rings. The average Bonchev–Trinajstić information content (AvgIpc) is 3.05. The topological polar surface area (TPSA) is 37.4 Å². The summed E-state index contributed by atoms with van der Waals surface area (Å²) < 4.78 is 6.34. The van der Waals surface area contributed by atoms with Crippen molar-refractivity contribution in [2.45, 2.75) is 12.3 Å². The number of ether oxygens (including phenoxy) is 1. The zero-order valence-corrected chi connectivity index (χ0v) is 14.9. The summed E-state index contributed by atoms with van der Waals surface area (Å²) in [5, 5.41) is 3.37. The Labute approximate surface area is 146 Å². The largest absolute Gasteiger partial charge is 0.496 e. The third kappa shape index (κ3) is 4.24. The summed E-state index contributed by atoms with van der Waals surface area (Å²) in [5.41, 5.74) is 1.39. The van der Waals surface area contributed by atoms with Gasteiger partial charge in [0.05, 0.1) is 11.6 Å². The lowest BCUT2D eigenvalue weighted by Gasteiger charge is -2.17. The minimum absolute atomic E-state index is 0.604. The van der Waals surface area contributed by atoms with Gasteiger partial charge >= 0.3 is 0 Å². The number of halogens is 1.